The van der Waals surface area contributed by atoms with Crippen molar-refractivity contribution in [2.24, 2.45) is 11.8 Å². The fourth-order valence-corrected chi connectivity index (χ4v) is 4.49. The molecule has 0 spiro atoms. The Hall–Kier alpha value is -2.93. The molecule has 5 rings (SSSR count). The van der Waals surface area contributed by atoms with Gasteiger partial charge in [-0.25, -0.2) is 4.98 Å². The fourth-order valence-electron chi connectivity index (χ4n) is 4.49. The number of nitrogen functional groups attached to an aromatic ring is 1. The smallest absolute Gasteiger partial charge is 0.227 e. The van der Waals surface area contributed by atoms with Crippen molar-refractivity contribution in [3.8, 4) is 5.75 Å². The average Bonchev–Trinajstić information content (AvgIpc) is 3.11. The van der Waals surface area contributed by atoms with Crippen molar-refractivity contribution in [2.75, 3.05) is 23.7 Å². The third kappa shape index (κ3) is 3.22. The van der Waals surface area contributed by atoms with Crippen molar-refractivity contribution >= 4 is 22.7 Å². The molecule has 2 aliphatic rings. The van der Waals surface area contributed by atoms with Crippen molar-refractivity contribution in [1.29, 1.82) is 0 Å². The lowest BCUT2D eigenvalue weighted by Gasteiger charge is -2.35. The van der Waals surface area contributed by atoms with E-state index in [1.54, 1.807) is 18.5 Å². The van der Waals surface area contributed by atoms with E-state index in [2.05, 4.69) is 19.9 Å². The molecule has 1 aliphatic heterocycles. The summed E-state index contributed by atoms with van der Waals surface area (Å²) in [7, 11) is 0. The van der Waals surface area contributed by atoms with Crippen LogP contribution < -0.4 is 15.4 Å². The number of aliphatic hydroxyl groups is 1. The van der Waals surface area contributed by atoms with Gasteiger partial charge in [0.2, 0.25) is 5.95 Å². The zero-order valence-corrected chi connectivity index (χ0v) is 15.5. The fraction of sp³-hybridized carbons (Fsp3) is 0.381. The monoisotopic (exact) mass is 377 g/mol. The minimum Gasteiger partial charge on any atom is -0.488 e. The Labute approximate surface area is 163 Å². The van der Waals surface area contributed by atoms with Crippen LogP contribution in [0.2, 0.25) is 0 Å². The molecule has 1 saturated heterocycles. The van der Waals surface area contributed by atoms with Crippen LogP contribution in [0.4, 0.5) is 11.8 Å². The molecule has 2 fully saturated rings. The first-order valence-corrected chi connectivity index (χ1v) is 9.69. The number of benzene rings is 1. The van der Waals surface area contributed by atoms with Crippen LogP contribution in [0.25, 0.3) is 10.9 Å². The van der Waals surface area contributed by atoms with Gasteiger partial charge in [0.25, 0.3) is 0 Å². The number of rotatable bonds is 3. The van der Waals surface area contributed by atoms with Crippen molar-refractivity contribution in [3.05, 3.63) is 48.8 Å². The molecule has 7 heteroatoms. The third-order valence-corrected chi connectivity index (χ3v) is 5.90. The summed E-state index contributed by atoms with van der Waals surface area (Å²) in [6, 6.07) is 11.5. The SMILES string of the molecule is Nc1ccnc(N2C[C@H]3C[C@@H](Oc4ccc5cccnc5c4)[C@H](O)C[C@H]3C2)n1. The maximum absolute atomic E-state index is 10.7. The van der Waals surface area contributed by atoms with Crippen LogP contribution in [0.3, 0.4) is 0 Å². The zero-order chi connectivity index (χ0) is 19.1. The van der Waals surface area contributed by atoms with Gasteiger partial charge >= 0.3 is 0 Å². The second kappa shape index (κ2) is 6.91. The number of hydrogen-bond acceptors (Lipinski definition) is 7. The maximum atomic E-state index is 10.7. The molecule has 0 radical (unpaired) electrons. The molecule has 3 aromatic rings. The van der Waals surface area contributed by atoms with E-state index >= 15 is 0 Å². The lowest BCUT2D eigenvalue weighted by molar-refractivity contribution is -0.0230. The molecule has 0 unspecified atom stereocenters. The summed E-state index contributed by atoms with van der Waals surface area (Å²) in [5.41, 5.74) is 6.70. The Kier molecular flexibility index (Phi) is 4.24. The molecule has 0 bridgehead atoms. The van der Waals surface area contributed by atoms with Crippen molar-refractivity contribution in [2.45, 2.75) is 25.0 Å². The zero-order valence-electron chi connectivity index (χ0n) is 15.5. The van der Waals surface area contributed by atoms with Crippen LogP contribution in [0.1, 0.15) is 12.8 Å². The van der Waals surface area contributed by atoms with E-state index in [0.717, 1.165) is 42.6 Å². The first-order valence-electron chi connectivity index (χ1n) is 9.69. The van der Waals surface area contributed by atoms with Crippen LogP contribution in [0.15, 0.2) is 48.8 Å². The molecule has 1 saturated carbocycles. The number of anilines is 2. The van der Waals surface area contributed by atoms with Gasteiger partial charge in [-0.3, -0.25) is 4.98 Å². The van der Waals surface area contributed by atoms with Crippen LogP contribution in [-0.4, -0.2) is 45.4 Å². The summed E-state index contributed by atoms with van der Waals surface area (Å²) >= 11 is 0. The second-order valence-corrected chi connectivity index (χ2v) is 7.76. The van der Waals surface area contributed by atoms with E-state index in [9.17, 15) is 5.11 Å². The summed E-state index contributed by atoms with van der Waals surface area (Å²) in [4.78, 5) is 15.2. The number of hydrogen-bond donors (Lipinski definition) is 2. The van der Waals surface area contributed by atoms with E-state index in [1.807, 2.05) is 30.3 Å². The van der Waals surface area contributed by atoms with Gasteiger partial charge in [-0.1, -0.05) is 6.07 Å². The predicted molar refractivity (Wildman–Crippen MR) is 107 cm³/mol. The van der Waals surface area contributed by atoms with Gasteiger partial charge in [0.1, 0.15) is 17.7 Å². The normalized spacial score (nSPS) is 27.0. The first-order chi connectivity index (χ1) is 13.7. The molecule has 3 N–H and O–H groups in total. The lowest BCUT2D eigenvalue weighted by Crippen LogP contribution is -2.42. The Balaban J connectivity index is 1.30. The highest BCUT2D eigenvalue weighted by Crippen LogP contribution is 2.39. The van der Waals surface area contributed by atoms with Crippen LogP contribution in [0, 0.1) is 11.8 Å². The quantitative estimate of drug-likeness (QED) is 0.722. The maximum Gasteiger partial charge on any atom is 0.227 e. The van der Waals surface area contributed by atoms with E-state index < -0.39 is 6.10 Å². The Bertz CT molecular complexity index is 997. The topological polar surface area (TPSA) is 97.4 Å². The number of pyridine rings is 1. The molecule has 144 valence electrons. The Morgan fingerprint density at radius 2 is 1.89 bits per heavy atom. The van der Waals surface area contributed by atoms with E-state index in [-0.39, 0.29) is 6.10 Å². The Morgan fingerprint density at radius 1 is 1.04 bits per heavy atom. The van der Waals surface area contributed by atoms with Crippen LogP contribution >= 0.6 is 0 Å². The van der Waals surface area contributed by atoms with Gasteiger partial charge in [-0.15, -0.1) is 0 Å². The summed E-state index contributed by atoms with van der Waals surface area (Å²) < 4.78 is 6.18. The number of ether oxygens (including phenoxy) is 1. The third-order valence-electron chi connectivity index (χ3n) is 5.90. The highest BCUT2D eigenvalue weighted by atomic mass is 16.5. The van der Waals surface area contributed by atoms with Crippen LogP contribution in [0.5, 0.6) is 5.75 Å². The van der Waals surface area contributed by atoms with Gasteiger partial charge in [-0.2, -0.15) is 4.98 Å². The average molecular weight is 377 g/mol. The van der Waals surface area contributed by atoms with E-state index in [0.29, 0.717) is 23.6 Å². The molecular formula is C21H23N5O2. The predicted octanol–water partition coefficient (Wildman–Crippen LogP) is 2.26. The molecule has 4 atom stereocenters. The molecular weight excluding hydrogens is 354 g/mol. The van der Waals surface area contributed by atoms with Crippen molar-refractivity contribution < 1.29 is 9.84 Å². The van der Waals surface area contributed by atoms with Gasteiger partial charge in [-0.05, 0) is 48.9 Å². The summed E-state index contributed by atoms with van der Waals surface area (Å²) in [5, 5.41) is 11.8. The van der Waals surface area contributed by atoms with Crippen LogP contribution in [-0.2, 0) is 0 Å². The number of nitrogens with zero attached hydrogens (tertiary/aromatic N) is 4. The molecule has 3 heterocycles. The van der Waals surface area contributed by atoms with Gasteiger partial charge in [0.05, 0.1) is 11.6 Å². The molecule has 1 aliphatic carbocycles. The summed E-state index contributed by atoms with van der Waals surface area (Å²) in [6.07, 6.45) is 4.29. The largest absolute Gasteiger partial charge is 0.488 e. The second-order valence-electron chi connectivity index (χ2n) is 7.76. The standard InChI is InChI=1S/C21H23N5O2/c22-20-5-7-24-21(25-20)26-11-14-8-18(27)19(9-15(14)12-26)28-16-4-3-13-2-1-6-23-17(13)10-16/h1-7,10,14-15,18-19,27H,8-9,11-12H2,(H2,22,24,25)/t14-,15+,18+,19+/m0/s1. The van der Waals surface area contributed by atoms with E-state index in [1.165, 1.54) is 0 Å². The summed E-state index contributed by atoms with van der Waals surface area (Å²) in [6.45, 7) is 1.71. The molecule has 7 nitrogen and oxygen atoms in total. The molecule has 2 aromatic heterocycles. The van der Waals surface area contributed by atoms with Gasteiger partial charge < -0.3 is 20.5 Å². The molecule has 1 aromatic carbocycles. The number of fused-ring (bicyclic) bond motifs is 2. The van der Waals surface area contributed by atoms with E-state index in [4.69, 9.17) is 10.5 Å². The number of nitrogens with two attached hydrogens (primary N) is 1. The van der Waals surface area contributed by atoms with Crippen molar-refractivity contribution in [3.63, 3.8) is 0 Å². The highest BCUT2D eigenvalue weighted by molar-refractivity contribution is 5.79. The minimum atomic E-state index is -0.484. The number of aliphatic hydroxyl groups excluding tert-OH is 1. The molecule has 0 amide bonds. The lowest BCUT2D eigenvalue weighted by atomic mass is 9.78. The Morgan fingerprint density at radius 3 is 2.75 bits per heavy atom. The number of aromatic nitrogens is 3. The summed E-state index contributed by atoms with van der Waals surface area (Å²) in [5.74, 6) is 2.76. The minimum absolute atomic E-state index is 0.218. The van der Waals surface area contributed by atoms with Crippen molar-refractivity contribution in [1.82, 2.24) is 15.0 Å². The highest BCUT2D eigenvalue weighted by Gasteiger charge is 2.43. The molecule has 28 heavy (non-hydrogen) atoms. The first kappa shape index (κ1) is 17.2. The van der Waals surface area contributed by atoms with Gasteiger partial charge in [0, 0.05) is 36.9 Å². The van der Waals surface area contributed by atoms with Gasteiger partial charge in [0.15, 0.2) is 0 Å².